The maximum Gasteiger partial charge on any atom is 0.312 e. The molecule has 1 atom stereocenters. The molecule has 94 valence electrons. The number of carbonyl (C=O) groups is 1. The van der Waals surface area contributed by atoms with Crippen molar-refractivity contribution in [2.45, 2.75) is 25.9 Å². The zero-order valence-electron chi connectivity index (χ0n) is 10.4. The van der Waals surface area contributed by atoms with Gasteiger partial charge in [0.2, 0.25) is 0 Å². The van der Waals surface area contributed by atoms with Crippen molar-refractivity contribution >= 4 is 5.97 Å². The monoisotopic (exact) mass is 237 g/mol. The molecule has 1 rings (SSSR count). The Balaban J connectivity index is 2.80. The van der Waals surface area contributed by atoms with Crippen LogP contribution in [0.15, 0.2) is 24.3 Å². The third-order valence-corrected chi connectivity index (χ3v) is 2.36. The number of carboxylic acid groups (broad SMARTS) is 1. The zero-order valence-corrected chi connectivity index (χ0v) is 10.4. The minimum absolute atomic E-state index is 0.119. The third kappa shape index (κ3) is 4.07. The van der Waals surface area contributed by atoms with Gasteiger partial charge < -0.3 is 15.2 Å². The fourth-order valence-corrected chi connectivity index (χ4v) is 1.60. The van der Waals surface area contributed by atoms with Gasteiger partial charge in [-0.15, -0.1) is 0 Å². The molecule has 17 heavy (non-hydrogen) atoms. The van der Waals surface area contributed by atoms with Crippen molar-refractivity contribution in [3.05, 3.63) is 29.8 Å². The van der Waals surface area contributed by atoms with Gasteiger partial charge in [0.25, 0.3) is 0 Å². The Morgan fingerprint density at radius 2 is 1.94 bits per heavy atom. The molecule has 0 bridgehead atoms. The van der Waals surface area contributed by atoms with Crippen molar-refractivity contribution in [2.24, 2.45) is 0 Å². The van der Waals surface area contributed by atoms with E-state index < -0.39 is 11.9 Å². The van der Waals surface area contributed by atoms with E-state index in [1.165, 1.54) is 0 Å². The molecule has 1 aromatic carbocycles. The second-order valence-electron chi connectivity index (χ2n) is 4.18. The number of hydrogen-bond donors (Lipinski definition) is 2. The van der Waals surface area contributed by atoms with Crippen LogP contribution < -0.4 is 10.1 Å². The highest BCUT2D eigenvalue weighted by Crippen LogP contribution is 2.20. The highest BCUT2D eigenvalue weighted by atomic mass is 16.5. The molecule has 0 aliphatic carbocycles. The molecule has 0 saturated carbocycles. The van der Waals surface area contributed by atoms with Gasteiger partial charge in [0.1, 0.15) is 5.75 Å². The largest absolute Gasteiger partial charge is 0.491 e. The van der Waals surface area contributed by atoms with E-state index in [9.17, 15) is 4.79 Å². The fourth-order valence-electron chi connectivity index (χ4n) is 1.60. The smallest absolute Gasteiger partial charge is 0.312 e. The predicted octanol–water partition coefficient (Wildman–Crippen LogP) is 1.86. The van der Waals surface area contributed by atoms with E-state index in [1.54, 1.807) is 31.3 Å². The first-order chi connectivity index (χ1) is 8.04. The molecule has 0 amide bonds. The quantitative estimate of drug-likeness (QED) is 0.793. The average Bonchev–Trinajstić information content (AvgIpc) is 2.26. The van der Waals surface area contributed by atoms with Gasteiger partial charge in [0.15, 0.2) is 0 Å². The summed E-state index contributed by atoms with van der Waals surface area (Å²) in [7, 11) is 1.74. The maximum absolute atomic E-state index is 11.1. The first-order valence-electron chi connectivity index (χ1n) is 5.68. The Bertz CT molecular complexity index is 359. The van der Waals surface area contributed by atoms with Crippen LogP contribution in [0.25, 0.3) is 0 Å². The molecule has 0 heterocycles. The standard InChI is InChI=1S/C13H19NO3/c1-9(2)17-11-6-4-10(5-7-11)12(8-14-3)13(15)16/h4-7,9,12,14H,8H2,1-3H3,(H,15,16). The van der Waals surface area contributed by atoms with E-state index in [2.05, 4.69) is 5.32 Å². The second-order valence-corrected chi connectivity index (χ2v) is 4.18. The predicted molar refractivity (Wildman–Crippen MR) is 66.5 cm³/mol. The van der Waals surface area contributed by atoms with E-state index >= 15 is 0 Å². The van der Waals surface area contributed by atoms with E-state index in [1.807, 2.05) is 13.8 Å². The fraction of sp³-hybridized carbons (Fsp3) is 0.462. The van der Waals surface area contributed by atoms with E-state index in [0.29, 0.717) is 6.54 Å². The summed E-state index contributed by atoms with van der Waals surface area (Å²) >= 11 is 0. The number of likely N-dealkylation sites (N-methyl/N-ethyl adjacent to an activating group) is 1. The average molecular weight is 237 g/mol. The molecule has 2 N–H and O–H groups in total. The van der Waals surface area contributed by atoms with Gasteiger partial charge in [-0.1, -0.05) is 12.1 Å². The van der Waals surface area contributed by atoms with Crippen molar-refractivity contribution in [2.75, 3.05) is 13.6 Å². The van der Waals surface area contributed by atoms with Crippen LogP contribution >= 0.6 is 0 Å². The lowest BCUT2D eigenvalue weighted by atomic mass is 9.99. The Kier molecular flexibility index (Phi) is 4.97. The van der Waals surface area contributed by atoms with Crippen molar-refractivity contribution in [1.82, 2.24) is 5.32 Å². The van der Waals surface area contributed by atoms with Gasteiger partial charge in [-0.2, -0.15) is 0 Å². The summed E-state index contributed by atoms with van der Waals surface area (Å²) in [5, 5.41) is 12.0. The van der Waals surface area contributed by atoms with Gasteiger partial charge in [0.05, 0.1) is 12.0 Å². The summed E-state index contributed by atoms with van der Waals surface area (Å²) in [5.74, 6) is -0.581. The summed E-state index contributed by atoms with van der Waals surface area (Å²) in [4.78, 5) is 11.1. The molecule has 0 spiro atoms. The van der Waals surface area contributed by atoms with Crippen LogP contribution in [0.3, 0.4) is 0 Å². The molecule has 0 aromatic heterocycles. The molecule has 0 aliphatic heterocycles. The van der Waals surface area contributed by atoms with Crippen molar-refractivity contribution in [3.8, 4) is 5.75 Å². The Hall–Kier alpha value is -1.55. The van der Waals surface area contributed by atoms with Crippen LogP contribution in [0, 0.1) is 0 Å². The Morgan fingerprint density at radius 3 is 2.35 bits per heavy atom. The van der Waals surface area contributed by atoms with Gasteiger partial charge in [-0.25, -0.2) is 0 Å². The number of hydrogen-bond acceptors (Lipinski definition) is 3. The van der Waals surface area contributed by atoms with Crippen LogP contribution in [-0.2, 0) is 4.79 Å². The molecule has 0 fully saturated rings. The molecule has 1 aromatic rings. The molecule has 4 nitrogen and oxygen atoms in total. The minimum atomic E-state index is -0.822. The van der Waals surface area contributed by atoms with Crippen LogP contribution in [0.1, 0.15) is 25.3 Å². The van der Waals surface area contributed by atoms with Crippen LogP contribution in [0.2, 0.25) is 0 Å². The number of carboxylic acids is 1. The maximum atomic E-state index is 11.1. The topological polar surface area (TPSA) is 58.6 Å². The number of aliphatic carboxylic acids is 1. The van der Waals surface area contributed by atoms with Crippen LogP contribution in [0.4, 0.5) is 0 Å². The summed E-state index contributed by atoms with van der Waals surface area (Å²) in [6.45, 7) is 4.32. The van der Waals surface area contributed by atoms with Crippen LogP contribution in [-0.4, -0.2) is 30.8 Å². The number of ether oxygens (including phenoxy) is 1. The SMILES string of the molecule is CNCC(C(=O)O)c1ccc(OC(C)C)cc1. The lowest BCUT2D eigenvalue weighted by Gasteiger charge is -2.14. The van der Waals surface area contributed by atoms with E-state index in [4.69, 9.17) is 9.84 Å². The van der Waals surface area contributed by atoms with Crippen molar-refractivity contribution in [3.63, 3.8) is 0 Å². The minimum Gasteiger partial charge on any atom is -0.491 e. The molecule has 1 unspecified atom stereocenters. The normalized spacial score (nSPS) is 12.5. The lowest BCUT2D eigenvalue weighted by molar-refractivity contribution is -0.138. The highest BCUT2D eigenvalue weighted by Gasteiger charge is 2.18. The second kappa shape index (κ2) is 6.25. The summed E-state index contributed by atoms with van der Waals surface area (Å²) in [6.07, 6.45) is 0.119. The van der Waals surface area contributed by atoms with Gasteiger partial charge >= 0.3 is 5.97 Å². The third-order valence-electron chi connectivity index (χ3n) is 2.36. The van der Waals surface area contributed by atoms with E-state index in [-0.39, 0.29) is 6.10 Å². The summed E-state index contributed by atoms with van der Waals surface area (Å²) in [6, 6.07) is 7.21. The summed E-state index contributed by atoms with van der Waals surface area (Å²) in [5.41, 5.74) is 0.781. The number of benzene rings is 1. The molecule has 0 radical (unpaired) electrons. The molecule has 4 heteroatoms. The van der Waals surface area contributed by atoms with E-state index in [0.717, 1.165) is 11.3 Å². The summed E-state index contributed by atoms with van der Waals surface area (Å²) < 4.78 is 5.51. The van der Waals surface area contributed by atoms with Gasteiger partial charge in [-0.05, 0) is 38.6 Å². The highest BCUT2D eigenvalue weighted by molar-refractivity contribution is 5.76. The lowest BCUT2D eigenvalue weighted by Crippen LogP contribution is -2.24. The first-order valence-corrected chi connectivity index (χ1v) is 5.68. The van der Waals surface area contributed by atoms with Gasteiger partial charge in [0, 0.05) is 6.54 Å². The zero-order chi connectivity index (χ0) is 12.8. The first kappa shape index (κ1) is 13.5. The van der Waals surface area contributed by atoms with Gasteiger partial charge in [-0.3, -0.25) is 4.79 Å². The Labute approximate surface area is 102 Å². The molecular formula is C13H19NO3. The number of rotatable bonds is 6. The number of nitrogens with one attached hydrogen (secondary N) is 1. The van der Waals surface area contributed by atoms with Crippen LogP contribution in [0.5, 0.6) is 5.75 Å². The molecule has 0 aliphatic rings. The van der Waals surface area contributed by atoms with Crippen molar-refractivity contribution < 1.29 is 14.6 Å². The molecule has 0 saturated heterocycles. The Morgan fingerprint density at radius 1 is 1.35 bits per heavy atom. The van der Waals surface area contributed by atoms with Crippen molar-refractivity contribution in [1.29, 1.82) is 0 Å². The molecular weight excluding hydrogens is 218 g/mol.